The molecule has 27 heavy (non-hydrogen) atoms. The summed E-state index contributed by atoms with van der Waals surface area (Å²) in [4.78, 5) is 26.7. The fourth-order valence-electron chi connectivity index (χ4n) is 3.35. The van der Waals surface area contributed by atoms with Crippen LogP contribution in [0.25, 0.3) is 0 Å². The number of likely N-dealkylation sites (tertiary alicyclic amines) is 1. The third-order valence-corrected chi connectivity index (χ3v) is 5.75. The van der Waals surface area contributed by atoms with Crippen LogP contribution in [0.5, 0.6) is 0 Å². The lowest BCUT2D eigenvalue weighted by Gasteiger charge is -2.25. The summed E-state index contributed by atoms with van der Waals surface area (Å²) in [6, 6.07) is 16.3. The van der Waals surface area contributed by atoms with E-state index in [0.717, 1.165) is 30.6 Å². The van der Waals surface area contributed by atoms with Crippen LogP contribution in [0.2, 0.25) is 0 Å². The number of rotatable bonds is 6. The molecule has 2 aromatic rings. The molecule has 3 rings (SSSR count). The van der Waals surface area contributed by atoms with Crippen LogP contribution in [0, 0.1) is 13.8 Å². The van der Waals surface area contributed by atoms with Crippen LogP contribution >= 0.6 is 11.8 Å². The first-order valence-corrected chi connectivity index (χ1v) is 10.5. The zero-order valence-corrected chi connectivity index (χ0v) is 16.7. The van der Waals surface area contributed by atoms with Crippen LogP contribution < -0.4 is 5.32 Å². The van der Waals surface area contributed by atoms with Crippen LogP contribution in [0.15, 0.2) is 48.5 Å². The smallest absolute Gasteiger partial charge is 0.234 e. The van der Waals surface area contributed by atoms with Crippen molar-refractivity contribution in [2.45, 2.75) is 32.7 Å². The number of aryl methyl sites for hydroxylation is 2. The Bertz CT molecular complexity index is 787. The van der Waals surface area contributed by atoms with E-state index in [1.165, 1.54) is 22.9 Å². The van der Waals surface area contributed by atoms with E-state index in [4.69, 9.17) is 0 Å². The van der Waals surface area contributed by atoms with Gasteiger partial charge in [0.25, 0.3) is 0 Å². The highest BCUT2D eigenvalue weighted by Crippen LogP contribution is 2.32. The van der Waals surface area contributed by atoms with Crippen LogP contribution in [0.4, 0.5) is 5.69 Å². The molecule has 1 fully saturated rings. The van der Waals surface area contributed by atoms with Crippen molar-refractivity contribution in [1.82, 2.24) is 4.90 Å². The van der Waals surface area contributed by atoms with Gasteiger partial charge in [-0.2, -0.15) is 0 Å². The predicted molar refractivity (Wildman–Crippen MR) is 112 cm³/mol. The Balaban J connectivity index is 1.47. The zero-order chi connectivity index (χ0) is 19.2. The van der Waals surface area contributed by atoms with Gasteiger partial charge in [0.05, 0.1) is 17.5 Å². The molecule has 2 aromatic carbocycles. The van der Waals surface area contributed by atoms with Crippen molar-refractivity contribution < 1.29 is 9.59 Å². The Morgan fingerprint density at radius 3 is 2.30 bits per heavy atom. The second-order valence-electron chi connectivity index (χ2n) is 7.06. The van der Waals surface area contributed by atoms with Gasteiger partial charge in [-0.15, -0.1) is 11.8 Å². The highest BCUT2D eigenvalue weighted by molar-refractivity contribution is 8.00. The molecule has 0 aliphatic carbocycles. The fourth-order valence-corrected chi connectivity index (χ4v) is 4.05. The Kier molecular flexibility index (Phi) is 6.56. The van der Waals surface area contributed by atoms with Gasteiger partial charge in [0, 0.05) is 12.2 Å². The molecule has 0 aromatic heterocycles. The molecule has 1 heterocycles. The summed E-state index contributed by atoms with van der Waals surface area (Å²) in [7, 11) is 0. The van der Waals surface area contributed by atoms with Gasteiger partial charge in [-0.1, -0.05) is 47.5 Å². The predicted octanol–water partition coefficient (Wildman–Crippen LogP) is 4.34. The maximum atomic E-state index is 12.6. The monoisotopic (exact) mass is 382 g/mol. The fraction of sp³-hybridized carbons (Fsp3) is 0.364. The van der Waals surface area contributed by atoms with Gasteiger partial charge in [0.2, 0.25) is 11.8 Å². The third-order valence-electron chi connectivity index (χ3n) is 4.83. The Morgan fingerprint density at radius 1 is 1.00 bits per heavy atom. The van der Waals surface area contributed by atoms with Gasteiger partial charge in [-0.25, -0.2) is 0 Å². The molecule has 1 unspecified atom stereocenters. The number of anilines is 1. The molecular weight excluding hydrogens is 356 g/mol. The molecule has 2 amide bonds. The van der Waals surface area contributed by atoms with Crippen molar-refractivity contribution in [2.75, 3.05) is 23.4 Å². The molecule has 1 aliphatic rings. The zero-order valence-electron chi connectivity index (χ0n) is 15.9. The van der Waals surface area contributed by atoms with E-state index >= 15 is 0 Å². The second-order valence-corrected chi connectivity index (χ2v) is 8.05. The standard InChI is InChI=1S/C22H26N2O2S/c1-16-5-9-18(10-6-16)20-4-3-13-24(20)22(26)15-27-14-21(25)23-19-11-7-17(2)8-12-19/h5-12,20H,3-4,13-15H2,1-2H3,(H,23,25). The summed E-state index contributed by atoms with van der Waals surface area (Å²) >= 11 is 1.38. The van der Waals surface area contributed by atoms with Gasteiger partial charge in [0.1, 0.15) is 0 Å². The summed E-state index contributed by atoms with van der Waals surface area (Å²) in [5.74, 6) is 0.658. The van der Waals surface area contributed by atoms with E-state index in [-0.39, 0.29) is 23.6 Å². The number of nitrogens with one attached hydrogen (secondary N) is 1. The number of thioether (sulfide) groups is 1. The molecule has 0 spiro atoms. The van der Waals surface area contributed by atoms with Gasteiger partial charge >= 0.3 is 0 Å². The topological polar surface area (TPSA) is 49.4 Å². The molecule has 142 valence electrons. The Morgan fingerprint density at radius 2 is 1.63 bits per heavy atom. The maximum absolute atomic E-state index is 12.6. The summed E-state index contributed by atoms with van der Waals surface area (Å²) in [5.41, 5.74) is 4.37. The maximum Gasteiger partial charge on any atom is 0.234 e. The van der Waals surface area contributed by atoms with E-state index in [2.05, 4.69) is 36.5 Å². The van der Waals surface area contributed by atoms with E-state index in [0.29, 0.717) is 5.75 Å². The van der Waals surface area contributed by atoms with Gasteiger partial charge in [-0.05, 0) is 44.4 Å². The lowest BCUT2D eigenvalue weighted by Crippen LogP contribution is -2.32. The minimum Gasteiger partial charge on any atom is -0.335 e. The molecule has 1 N–H and O–H groups in total. The number of carbonyl (C=O) groups is 2. The lowest BCUT2D eigenvalue weighted by molar-refractivity contribution is -0.129. The number of amides is 2. The number of hydrogen-bond acceptors (Lipinski definition) is 3. The lowest BCUT2D eigenvalue weighted by atomic mass is 10.0. The summed E-state index contributed by atoms with van der Waals surface area (Å²) < 4.78 is 0. The van der Waals surface area contributed by atoms with Gasteiger partial charge in [-0.3, -0.25) is 9.59 Å². The van der Waals surface area contributed by atoms with Crippen LogP contribution in [-0.2, 0) is 9.59 Å². The second kappa shape index (κ2) is 9.09. The SMILES string of the molecule is Cc1ccc(NC(=O)CSCC(=O)N2CCCC2c2ccc(C)cc2)cc1. The highest BCUT2D eigenvalue weighted by atomic mass is 32.2. The van der Waals surface area contributed by atoms with E-state index < -0.39 is 0 Å². The van der Waals surface area contributed by atoms with Crippen molar-refractivity contribution in [1.29, 1.82) is 0 Å². The molecular formula is C22H26N2O2S. The van der Waals surface area contributed by atoms with E-state index in [9.17, 15) is 9.59 Å². The van der Waals surface area contributed by atoms with Crippen molar-refractivity contribution in [2.24, 2.45) is 0 Å². The third kappa shape index (κ3) is 5.36. The van der Waals surface area contributed by atoms with Crippen molar-refractivity contribution in [3.05, 3.63) is 65.2 Å². The van der Waals surface area contributed by atoms with Gasteiger partial charge < -0.3 is 10.2 Å². The normalized spacial score (nSPS) is 16.4. The molecule has 4 nitrogen and oxygen atoms in total. The number of carbonyl (C=O) groups excluding carboxylic acids is 2. The van der Waals surface area contributed by atoms with Crippen molar-refractivity contribution in [3.63, 3.8) is 0 Å². The average Bonchev–Trinajstić information content (AvgIpc) is 3.14. The molecule has 1 aliphatic heterocycles. The molecule has 0 radical (unpaired) electrons. The Hall–Kier alpha value is -2.27. The number of nitrogens with zero attached hydrogens (tertiary/aromatic N) is 1. The molecule has 1 saturated heterocycles. The Labute approximate surface area is 165 Å². The average molecular weight is 383 g/mol. The quantitative estimate of drug-likeness (QED) is 0.809. The number of hydrogen-bond donors (Lipinski definition) is 1. The van der Waals surface area contributed by atoms with Crippen LogP contribution in [0.3, 0.4) is 0 Å². The first kappa shape index (κ1) is 19.5. The summed E-state index contributed by atoms with van der Waals surface area (Å²) in [6.07, 6.45) is 2.04. The van der Waals surface area contributed by atoms with Crippen molar-refractivity contribution in [3.8, 4) is 0 Å². The first-order chi connectivity index (χ1) is 13.0. The van der Waals surface area contributed by atoms with Crippen LogP contribution in [0.1, 0.15) is 35.6 Å². The highest BCUT2D eigenvalue weighted by Gasteiger charge is 2.29. The van der Waals surface area contributed by atoms with E-state index in [1.54, 1.807) is 0 Å². The van der Waals surface area contributed by atoms with Gasteiger partial charge in [0.15, 0.2) is 0 Å². The molecule has 1 atom stereocenters. The molecule has 0 saturated carbocycles. The minimum atomic E-state index is -0.0758. The summed E-state index contributed by atoms with van der Waals surface area (Å²) in [5, 5.41) is 2.87. The minimum absolute atomic E-state index is 0.0758. The largest absolute Gasteiger partial charge is 0.335 e. The molecule has 5 heteroatoms. The number of benzene rings is 2. The van der Waals surface area contributed by atoms with Crippen LogP contribution in [-0.4, -0.2) is 34.8 Å². The van der Waals surface area contributed by atoms with E-state index in [1.807, 2.05) is 36.1 Å². The molecule has 0 bridgehead atoms. The summed E-state index contributed by atoms with van der Waals surface area (Å²) in [6.45, 7) is 4.88. The van der Waals surface area contributed by atoms with Crippen molar-refractivity contribution >= 4 is 29.3 Å². The first-order valence-electron chi connectivity index (χ1n) is 9.33.